The van der Waals surface area contributed by atoms with Crippen LogP contribution in [0.1, 0.15) is 31.9 Å². The second kappa shape index (κ2) is 4.26. The molecule has 0 spiro atoms. The molecule has 1 aromatic carbocycles. The van der Waals surface area contributed by atoms with E-state index in [1.807, 2.05) is 12.3 Å². The van der Waals surface area contributed by atoms with Crippen LogP contribution in [0.3, 0.4) is 0 Å². The maximum Gasteiger partial charge on any atom is 0.0524 e. The minimum atomic E-state index is -0.00520. The molecule has 0 heterocycles. The third kappa shape index (κ3) is 3.62. The number of nitrogens with zero attached hydrogens (tertiary/aromatic N) is 1. The first-order valence-corrected chi connectivity index (χ1v) is 5.49. The summed E-state index contributed by atoms with van der Waals surface area (Å²) in [6.45, 7) is 8.38. The van der Waals surface area contributed by atoms with Crippen molar-refractivity contribution in [3.8, 4) is 0 Å². The fraction of sp³-hybridized carbons (Fsp3) is 0.417. The number of halogens is 1. The normalized spacial score (nSPS) is 12.4. The highest BCUT2D eigenvalue weighted by Crippen LogP contribution is 2.15. The third-order valence-corrected chi connectivity index (χ3v) is 2.33. The molecule has 0 radical (unpaired) electrons. The van der Waals surface area contributed by atoms with Crippen LogP contribution in [-0.2, 0) is 0 Å². The molecule has 2 heteroatoms. The molecule has 1 nitrogen and oxygen atoms in total. The molecule has 0 aromatic heterocycles. The van der Waals surface area contributed by atoms with Gasteiger partial charge in [0.15, 0.2) is 0 Å². The van der Waals surface area contributed by atoms with E-state index in [4.69, 9.17) is 0 Å². The lowest BCUT2D eigenvalue weighted by Gasteiger charge is -2.11. The molecular formula is C12H16BrN. The lowest BCUT2D eigenvalue weighted by atomic mass is 10.1. The van der Waals surface area contributed by atoms with Crippen molar-refractivity contribution in [1.29, 1.82) is 0 Å². The molecule has 0 atom stereocenters. The number of hydrogen-bond acceptors (Lipinski definition) is 1. The number of benzene rings is 1. The predicted octanol–water partition coefficient (Wildman–Crippen LogP) is 3.97. The Balaban J connectivity index is 2.97. The van der Waals surface area contributed by atoms with Gasteiger partial charge in [0.2, 0.25) is 0 Å². The molecule has 1 rings (SSSR count). The minimum absolute atomic E-state index is 0.00520. The average Bonchev–Trinajstić information content (AvgIpc) is 2.05. The second-order valence-electron chi connectivity index (χ2n) is 4.43. The molecule has 76 valence electrons. The van der Waals surface area contributed by atoms with E-state index >= 15 is 0 Å². The van der Waals surface area contributed by atoms with Crippen LogP contribution in [0, 0.1) is 6.92 Å². The van der Waals surface area contributed by atoms with E-state index in [1.165, 1.54) is 11.1 Å². The Hall–Kier alpha value is -0.630. The summed E-state index contributed by atoms with van der Waals surface area (Å²) in [5.41, 5.74) is 2.42. The second-order valence-corrected chi connectivity index (χ2v) is 5.35. The van der Waals surface area contributed by atoms with Crippen molar-refractivity contribution >= 4 is 22.1 Å². The van der Waals surface area contributed by atoms with E-state index in [2.05, 4.69) is 60.8 Å². The lowest BCUT2D eigenvalue weighted by molar-refractivity contribution is 0.586. The Bertz CT molecular complexity index is 348. The van der Waals surface area contributed by atoms with Gasteiger partial charge in [0.05, 0.1) is 5.54 Å². The molecule has 14 heavy (non-hydrogen) atoms. The van der Waals surface area contributed by atoms with Crippen molar-refractivity contribution in [2.24, 2.45) is 4.99 Å². The lowest BCUT2D eigenvalue weighted by Crippen LogP contribution is -2.09. The van der Waals surface area contributed by atoms with E-state index in [0.717, 1.165) is 4.47 Å². The van der Waals surface area contributed by atoms with Gasteiger partial charge in [-0.25, -0.2) is 0 Å². The first-order valence-electron chi connectivity index (χ1n) is 4.70. The van der Waals surface area contributed by atoms with Crippen LogP contribution in [0.5, 0.6) is 0 Å². The summed E-state index contributed by atoms with van der Waals surface area (Å²) in [6, 6.07) is 6.22. The van der Waals surface area contributed by atoms with E-state index in [9.17, 15) is 0 Å². The van der Waals surface area contributed by atoms with Gasteiger partial charge in [0.25, 0.3) is 0 Å². The van der Waals surface area contributed by atoms with Gasteiger partial charge in [-0.15, -0.1) is 0 Å². The fourth-order valence-corrected chi connectivity index (χ4v) is 1.39. The zero-order valence-electron chi connectivity index (χ0n) is 9.13. The topological polar surface area (TPSA) is 12.4 Å². The molecule has 0 fully saturated rings. The highest BCUT2D eigenvalue weighted by Gasteiger charge is 2.05. The van der Waals surface area contributed by atoms with E-state index < -0.39 is 0 Å². The summed E-state index contributed by atoms with van der Waals surface area (Å²) in [7, 11) is 0. The number of aryl methyl sites for hydroxylation is 1. The van der Waals surface area contributed by atoms with Crippen LogP contribution in [0.2, 0.25) is 0 Å². The number of hydrogen-bond donors (Lipinski definition) is 0. The van der Waals surface area contributed by atoms with Crippen LogP contribution < -0.4 is 0 Å². The molecule has 0 N–H and O–H groups in total. The highest BCUT2D eigenvalue weighted by atomic mass is 79.9. The molecule has 0 amide bonds. The van der Waals surface area contributed by atoms with Gasteiger partial charge in [-0.3, -0.25) is 4.99 Å². The monoisotopic (exact) mass is 253 g/mol. The summed E-state index contributed by atoms with van der Waals surface area (Å²) < 4.78 is 1.10. The van der Waals surface area contributed by atoms with Gasteiger partial charge in [0.1, 0.15) is 0 Å². The fourth-order valence-electron chi connectivity index (χ4n) is 1.01. The quantitative estimate of drug-likeness (QED) is 0.672. The first-order chi connectivity index (χ1) is 6.38. The van der Waals surface area contributed by atoms with Gasteiger partial charge in [-0.05, 0) is 51.0 Å². The molecular weight excluding hydrogens is 238 g/mol. The summed E-state index contributed by atoms with van der Waals surface area (Å²) in [5.74, 6) is 0. The Labute approximate surface area is 94.4 Å². The average molecular weight is 254 g/mol. The van der Waals surface area contributed by atoms with E-state index in [0.29, 0.717) is 0 Å². The van der Waals surface area contributed by atoms with Crippen molar-refractivity contribution in [2.45, 2.75) is 33.2 Å². The minimum Gasteiger partial charge on any atom is -0.287 e. The smallest absolute Gasteiger partial charge is 0.0524 e. The van der Waals surface area contributed by atoms with Crippen molar-refractivity contribution in [3.05, 3.63) is 33.8 Å². The number of rotatable bonds is 1. The van der Waals surface area contributed by atoms with Crippen LogP contribution >= 0.6 is 15.9 Å². The van der Waals surface area contributed by atoms with Crippen LogP contribution in [-0.4, -0.2) is 11.8 Å². The first kappa shape index (κ1) is 11.4. The maximum atomic E-state index is 4.48. The Kier molecular flexibility index (Phi) is 3.48. The Morgan fingerprint density at radius 2 is 1.93 bits per heavy atom. The zero-order chi connectivity index (χ0) is 10.8. The van der Waals surface area contributed by atoms with Gasteiger partial charge in [-0.1, -0.05) is 22.0 Å². The Morgan fingerprint density at radius 3 is 2.50 bits per heavy atom. The van der Waals surface area contributed by atoms with Gasteiger partial charge < -0.3 is 0 Å². The van der Waals surface area contributed by atoms with Crippen LogP contribution in [0.25, 0.3) is 0 Å². The number of aliphatic imine (C=N–C) groups is 1. The van der Waals surface area contributed by atoms with Gasteiger partial charge in [0, 0.05) is 10.7 Å². The molecule has 0 aliphatic carbocycles. The zero-order valence-corrected chi connectivity index (χ0v) is 10.7. The van der Waals surface area contributed by atoms with Gasteiger partial charge in [-0.2, -0.15) is 0 Å². The van der Waals surface area contributed by atoms with Crippen LogP contribution in [0.15, 0.2) is 27.7 Å². The summed E-state index contributed by atoms with van der Waals surface area (Å²) >= 11 is 3.46. The molecule has 0 aliphatic rings. The molecule has 1 aromatic rings. The SMILES string of the molecule is Cc1ccc(Br)cc1/C=N/C(C)(C)C. The van der Waals surface area contributed by atoms with Crippen molar-refractivity contribution in [3.63, 3.8) is 0 Å². The maximum absolute atomic E-state index is 4.48. The molecule has 0 aliphatic heterocycles. The highest BCUT2D eigenvalue weighted by molar-refractivity contribution is 9.10. The molecule has 0 saturated carbocycles. The van der Waals surface area contributed by atoms with Gasteiger partial charge >= 0.3 is 0 Å². The molecule has 0 unspecified atom stereocenters. The molecule has 0 bridgehead atoms. The Morgan fingerprint density at radius 1 is 1.29 bits per heavy atom. The van der Waals surface area contributed by atoms with Crippen molar-refractivity contribution in [1.82, 2.24) is 0 Å². The van der Waals surface area contributed by atoms with Crippen molar-refractivity contribution < 1.29 is 0 Å². The van der Waals surface area contributed by atoms with E-state index in [1.54, 1.807) is 0 Å². The summed E-state index contributed by atoms with van der Waals surface area (Å²) in [5, 5.41) is 0. The standard InChI is InChI=1S/C12H16BrN/c1-9-5-6-11(13)7-10(9)8-14-12(2,3)4/h5-8H,1-4H3/b14-8+. The summed E-state index contributed by atoms with van der Waals surface area (Å²) in [4.78, 5) is 4.48. The largest absolute Gasteiger partial charge is 0.287 e. The molecule has 0 saturated heterocycles. The van der Waals surface area contributed by atoms with Crippen molar-refractivity contribution in [2.75, 3.05) is 0 Å². The van der Waals surface area contributed by atoms with Crippen LogP contribution in [0.4, 0.5) is 0 Å². The third-order valence-electron chi connectivity index (χ3n) is 1.83. The summed E-state index contributed by atoms with van der Waals surface area (Å²) in [6.07, 6.45) is 1.94. The van der Waals surface area contributed by atoms with E-state index in [-0.39, 0.29) is 5.54 Å². The predicted molar refractivity (Wildman–Crippen MR) is 66.2 cm³/mol.